The number of anilines is 2. The molecular weight excluding hydrogens is 246 g/mol. The van der Waals surface area contributed by atoms with Crippen molar-refractivity contribution in [2.75, 3.05) is 50.2 Å². The van der Waals surface area contributed by atoms with Crippen LogP contribution in [0.1, 0.15) is 6.92 Å². The number of nitrogens with zero attached hydrogens (tertiary/aromatic N) is 4. The zero-order valence-corrected chi connectivity index (χ0v) is 12.3. The Morgan fingerprint density at radius 2 is 2.17 bits per heavy atom. The molecule has 1 aromatic rings. The van der Waals surface area contributed by atoms with Gasteiger partial charge in [0.1, 0.15) is 11.6 Å². The zero-order valence-electron chi connectivity index (χ0n) is 11.5. The van der Waals surface area contributed by atoms with E-state index >= 15 is 0 Å². The summed E-state index contributed by atoms with van der Waals surface area (Å²) in [6, 6.07) is 2.51. The number of likely N-dealkylation sites (N-methyl/N-ethyl adjacent to an activating group) is 1. The number of rotatable bonds is 3. The lowest BCUT2D eigenvalue weighted by Gasteiger charge is -2.39. The SMILES string of the molecule is CNc1cc(N2CCN(C)CC2C)nc(SC)n1. The van der Waals surface area contributed by atoms with Crippen molar-refractivity contribution in [2.24, 2.45) is 0 Å². The number of hydrogen-bond donors (Lipinski definition) is 1. The molecule has 1 aliphatic rings. The lowest BCUT2D eigenvalue weighted by molar-refractivity contribution is 0.274. The number of piperazine rings is 1. The first kappa shape index (κ1) is 13.4. The highest BCUT2D eigenvalue weighted by Gasteiger charge is 2.23. The summed E-state index contributed by atoms with van der Waals surface area (Å²) >= 11 is 1.58. The Balaban J connectivity index is 2.26. The Morgan fingerprint density at radius 3 is 2.78 bits per heavy atom. The van der Waals surface area contributed by atoms with Crippen molar-refractivity contribution < 1.29 is 0 Å². The second-order valence-electron chi connectivity index (χ2n) is 4.65. The molecule has 1 aromatic heterocycles. The van der Waals surface area contributed by atoms with E-state index in [1.165, 1.54) is 0 Å². The summed E-state index contributed by atoms with van der Waals surface area (Å²) in [4.78, 5) is 13.7. The first-order valence-corrected chi connectivity index (χ1v) is 7.42. The molecule has 1 N–H and O–H groups in total. The van der Waals surface area contributed by atoms with E-state index in [2.05, 4.69) is 39.1 Å². The van der Waals surface area contributed by atoms with Crippen LogP contribution >= 0.6 is 11.8 Å². The average molecular weight is 267 g/mol. The fourth-order valence-corrected chi connectivity index (χ4v) is 2.63. The van der Waals surface area contributed by atoms with Crippen LogP contribution in [0.3, 0.4) is 0 Å². The van der Waals surface area contributed by atoms with Gasteiger partial charge in [-0.25, -0.2) is 9.97 Å². The molecule has 100 valence electrons. The fraction of sp³-hybridized carbons (Fsp3) is 0.667. The highest BCUT2D eigenvalue weighted by molar-refractivity contribution is 7.98. The largest absolute Gasteiger partial charge is 0.373 e. The second-order valence-corrected chi connectivity index (χ2v) is 5.43. The van der Waals surface area contributed by atoms with E-state index in [1.807, 2.05) is 19.4 Å². The number of nitrogens with one attached hydrogen (secondary N) is 1. The van der Waals surface area contributed by atoms with Crippen LogP contribution in [0.2, 0.25) is 0 Å². The molecule has 0 aliphatic carbocycles. The van der Waals surface area contributed by atoms with Crippen molar-refractivity contribution in [1.82, 2.24) is 14.9 Å². The summed E-state index contributed by atoms with van der Waals surface area (Å²) in [5.41, 5.74) is 0. The summed E-state index contributed by atoms with van der Waals surface area (Å²) in [5.74, 6) is 1.91. The van der Waals surface area contributed by atoms with Crippen molar-refractivity contribution in [3.63, 3.8) is 0 Å². The van der Waals surface area contributed by atoms with E-state index in [4.69, 9.17) is 0 Å². The molecule has 6 heteroatoms. The first-order valence-electron chi connectivity index (χ1n) is 6.20. The van der Waals surface area contributed by atoms with E-state index < -0.39 is 0 Å². The monoisotopic (exact) mass is 267 g/mol. The zero-order chi connectivity index (χ0) is 13.1. The smallest absolute Gasteiger partial charge is 0.191 e. The van der Waals surface area contributed by atoms with Crippen molar-refractivity contribution in [1.29, 1.82) is 0 Å². The van der Waals surface area contributed by atoms with Crippen molar-refractivity contribution in [3.8, 4) is 0 Å². The Hall–Kier alpha value is -1.01. The predicted octanol–water partition coefficient (Wildman–Crippen LogP) is 1.38. The Labute approximate surface area is 113 Å². The summed E-state index contributed by atoms with van der Waals surface area (Å²) < 4.78 is 0. The van der Waals surface area contributed by atoms with Gasteiger partial charge in [0, 0.05) is 38.8 Å². The fourth-order valence-electron chi connectivity index (χ4n) is 2.26. The molecule has 18 heavy (non-hydrogen) atoms. The van der Waals surface area contributed by atoms with Crippen LogP contribution in [-0.2, 0) is 0 Å². The summed E-state index contributed by atoms with van der Waals surface area (Å²) in [6.07, 6.45) is 2.01. The maximum atomic E-state index is 4.62. The molecule has 0 saturated carbocycles. The Morgan fingerprint density at radius 1 is 1.39 bits per heavy atom. The Kier molecular flexibility index (Phi) is 4.29. The van der Waals surface area contributed by atoms with Crippen LogP contribution < -0.4 is 10.2 Å². The molecule has 0 amide bonds. The molecule has 1 saturated heterocycles. The van der Waals surface area contributed by atoms with Gasteiger partial charge in [-0.3, -0.25) is 0 Å². The maximum absolute atomic E-state index is 4.62. The summed E-state index contributed by atoms with van der Waals surface area (Å²) in [7, 11) is 4.06. The maximum Gasteiger partial charge on any atom is 0.191 e. The van der Waals surface area contributed by atoms with Crippen LogP contribution in [0, 0.1) is 0 Å². The molecular formula is C12H21N5S. The molecule has 1 atom stereocenters. The van der Waals surface area contributed by atoms with Crippen LogP contribution in [0.5, 0.6) is 0 Å². The standard InChI is InChI=1S/C12H21N5S/c1-9-8-16(3)5-6-17(9)11-7-10(13-2)14-12(15-11)18-4/h7,9H,5-6,8H2,1-4H3,(H,13,14,15). The number of hydrogen-bond acceptors (Lipinski definition) is 6. The van der Waals surface area contributed by atoms with Gasteiger partial charge in [0.2, 0.25) is 0 Å². The van der Waals surface area contributed by atoms with Crippen LogP contribution in [0.25, 0.3) is 0 Å². The minimum Gasteiger partial charge on any atom is -0.373 e. The van der Waals surface area contributed by atoms with Gasteiger partial charge in [-0.2, -0.15) is 0 Å². The van der Waals surface area contributed by atoms with Crippen LogP contribution in [0.15, 0.2) is 11.2 Å². The van der Waals surface area contributed by atoms with Crippen molar-refractivity contribution in [3.05, 3.63) is 6.07 Å². The third-order valence-electron chi connectivity index (χ3n) is 3.26. The van der Waals surface area contributed by atoms with Gasteiger partial charge < -0.3 is 15.1 Å². The third kappa shape index (κ3) is 2.87. The highest BCUT2D eigenvalue weighted by atomic mass is 32.2. The van der Waals surface area contributed by atoms with Crippen LogP contribution in [-0.4, -0.2) is 60.9 Å². The van der Waals surface area contributed by atoms with E-state index in [1.54, 1.807) is 11.8 Å². The Bertz CT molecular complexity index is 389. The molecule has 2 rings (SSSR count). The minimum atomic E-state index is 0.484. The van der Waals surface area contributed by atoms with Gasteiger partial charge in [-0.1, -0.05) is 11.8 Å². The van der Waals surface area contributed by atoms with Crippen LogP contribution in [0.4, 0.5) is 11.6 Å². The second kappa shape index (κ2) is 5.75. The molecule has 1 fully saturated rings. The molecule has 2 heterocycles. The molecule has 1 aliphatic heterocycles. The van der Waals surface area contributed by atoms with Gasteiger partial charge in [0.25, 0.3) is 0 Å². The van der Waals surface area contributed by atoms with E-state index in [0.29, 0.717) is 6.04 Å². The van der Waals surface area contributed by atoms with Crippen molar-refractivity contribution >= 4 is 23.4 Å². The molecule has 0 radical (unpaired) electrons. The van der Waals surface area contributed by atoms with Gasteiger partial charge in [-0.15, -0.1) is 0 Å². The topological polar surface area (TPSA) is 44.3 Å². The lowest BCUT2D eigenvalue weighted by Crippen LogP contribution is -2.50. The molecule has 0 aromatic carbocycles. The third-order valence-corrected chi connectivity index (χ3v) is 3.80. The molecule has 0 bridgehead atoms. The predicted molar refractivity (Wildman–Crippen MR) is 77.7 cm³/mol. The normalized spacial score (nSPS) is 21.1. The van der Waals surface area contributed by atoms with E-state index in [9.17, 15) is 0 Å². The molecule has 1 unspecified atom stereocenters. The van der Waals surface area contributed by atoms with E-state index in [-0.39, 0.29) is 0 Å². The molecule has 0 spiro atoms. The average Bonchev–Trinajstić information content (AvgIpc) is 2.38. The van der Waals surface area contributed by atoms with Gasteiger partial charge in [0.05, 0.1) is 0 Å². The van der Waals surface area contributed by atoms with Gasteiger partial charge in [-0.05, 0) is 20.2 Å². The van der Waals surface area contributed by atoms with Gasteiger partial charge >= 0.3 is 0 Å². The minimum absolute atomic E-state index is 0.484. The quantitative estimate of drug-likeness (QED) is 0.659. The number of aromatic nitrogens is 2. The number of thioether (sulfide) groups is 1. The first-order chi connectivity index (χ1) is 8.63. The highest BCUT2D eigenvalue weighted by Crippen LogP contribution is 2.23. The summed E-state index contributed by atoms with van der Waals surface area (Å²) in [5, 5.41) is 3.93. The summed E-state index contributed by atoms with van der Waals surface area (Å²) in [6.45, 7) is 5.42. The van der Waals surface area contributed by atoms with Crippen molar-refractivity contribution in [2.45, 2.75) is 18.1 Å². The molecule has 5 nitrogen and oxygen atoms in total. The van der Waals surface area contributed by atoms with Gasteiger partial charge in [0.15, 0.2) is 5.16 Å². The lowest BCUT2D eigenvalue weighted by atomic mass is 10.2. The van der Waals surface area contributed by atoms with E-state index in [0.717, 1.165) is 36.4 Å².